The molecule has 0 amide bonds. The lowest BCUT2D eigenvalue weighted by Gasteiger charge is -2.11. The van der Waals surface area contributed by atoms with E-state index in [0.717, 1.165) is 16.7 Å². The number of nitrogens with zero attached hydrogens (tertiary/aromatic N) is 1. The number of aryl methyl sites for hydroxylation is 3. The standard InChI is InChI=1S/C15H15NO3/c1-9-4-5-10(2)12(8-9)11-6-7-16(3)14(17)13(11)15(18)19/h4-8H,1-3H3,(H,18,19). The molecule has 0 radical (unpaired) electrons. The molecular weight excluding hydrogens is 242 g/mol. The molecule has 4 heteroatoms. The number of carboxylic acids is 1. The van der Waals surface area contributed by atoms with Crippen molar-refractivity contribution in [3.05, 3.63) is 57.5 Å². The van der Waals surface area contributed by atoms with E-state index in [1.807, 2.05) is 32.0 Å². The Balaban J connectivity index is 2.83. The van der Waals surface area contributed by atoms with Gasteiger partial charge in [-0.2, -0.15) is 0 Å². The van der Waals surface area contributed by atoms with E-state index < -0.39 is 11.5 Å². The van der Waals surface area contributed by atoms with Gasteiger partial charge in [0.05, 0.1) is 0 Å². The third-order valence-corrected chi connectivity index (χ3v) is 3.17. The maximum atomic E-state index is 12.0. The van der Waals surface area contributed by atoms with Gasteiger partial charge in [-0.15, -0.1) is 0 Å². The molecule has 0 unspecified atom stereocenters. The molecular formula is C15H15NO3. The normalized spacial score (nSPS) is 10.5. The quantitative estimate of drug-likeness (QED) is 0.898. The molecule has 0 fully saturated rings. The second-order valence-electron chi connectivity index (χ2n) is 4.64. The number of pyridine rings is 1. The second kappa shape index (κ2) is 4.72. The van der Waals surface area contributed by atoms with Crippen LogP contribution in [0.15, 0.2) is 35.3 Å². The highest BCUT2D eigenvalue weighted by Crippen LogP contribution is 2.26. The van der Waals surface area contributed by atoms with Crippen LogP contribution in [0.3, 0.4) is 0 Å². The summed E-state index contributed by atoms with van der Waals surface area (Å²) < 4.78 is 1.28. The topological polar surface area (TPSA) is 59.3 Å². The molecule has 19 heavy (non-hydrogen) atoms. The predicted octanol–water partition coefficient (Wildman–Crippen LogP) is 2.37. The first-order valence-corrected chi connectivity index (χ1v) is 5.92. The first-order chi connectivity index (χ1) is 8.91. The van der Waals surface area contributed by atoms with Crippen molar-refractivity contribution in [1.82, 2.24) is 4.57 Å². The Hall–Kier alpha value is -2.36. The van der Waals surface area contributed by atoms with E-state index in [-0.39, 0.29) is 5.56 Å². The van der Waals surface area contributed by atoms with Crippen LogP contribution in [0.4, 0.5) is 0 Å². The van der Waals surface area contributed by atoms with Crippen molar-refractivity contribution in [2.45, 2.75) is 13.8 Å². The van der Waals surface area contributed by atoms with Crippen LogP contribution in [0.5, 0.6) is 0 Å². The van der Waals surface area contributed by atoms with Gasteiger partial charge in [-0.3, -0.25) is 4.79 Å². The minimum Gasteiger partial charge on any atom is -0.477 e. The summed E-state index contributed by atoms with van der Waals surface area (Å²) in [6.07, 6.45) is 1.59. The van der Waals surface area contributed by atoms with E-state index in [0.29, 0.717) is 5.56 Å². The lowest BCUT2D eigenvalue weighted by molar-refractivity contribution is 0.0695. The summed E-state index contributed by atoms with van der Waals surface area (Å²) in [4.78, 5) is 23.3. The van der Waals surface area contributed by atoms with Gasteiger partial charge in [-0.05, 0) is 31.0 Å². The van der Waals surface area contributed by atoms with Crippen molar-refractivity contribution < 1.29 is 9.90 Å². The summed E-state index contributed by atoms with van der Waals surface area (Å²) >= 11 is 0. The van der Waals surface area contributed by atoms with Crippen LogP contribution >= 0.6 is 0 Å². The summed E-state index contributed by atoms with van der Waals surface area (Å²) in [5.74, 6) is -1.20. The monoisotopic (exact) mass is 257 g/mol. The Labute approximate surface area is 110 Å². The minimum absolute atomic E-state index is 0.182. The van der Waals surface area contributed by atoms with Crippen LogP contribution in [0.2, 0.25) is 0 Å². The molecule has 0 bridgehead atoms. The number of hydrogen-bond donors (Lipinski definition) is 1. The van der Waals surface area contributed by atoms with Gasteiger partial charge in [0.2, 0.25) is 0 Å². The minimum atomic E-state index is -1.20. The zero-order chi connectivity index (χ0) is 14.2. The molecule has 1 N–H and O–H groups in total. The van der Waals surface area contributed by atoms with Gasteiger partial charge in [-0.1, -0.05) is 23.8 Å². The fraction of sp³-hybridized carbons (Fsp3) is 0.200. The molecule has 0 atom stereocenters. The molecule has 1 aromatic carbocycles. The molecule has 2 aromatic rings. The van der Waals surface area contributed by atoms with Crippen molar-refractivity contribution in [3.63, 3.8) is 0 Å². The third-order valence-electron chi connectivity index (χ3n) is 3.17. The van der Waals surface area contributed by atoms with Crippen LogP contribution in [-0.2, 0) is 7.05 Å². The summed E-state index contributed by atoms with van der Waals surface area (Å²) in [5.41, 5.74) is 2.55. The molecule has 0 aliphatic heterocycles. The zero-order valence-electron chi connectivity index (χ0n) is 11.1. The Morgan fingerprint density at radius 3 is 2.47 bits per heavy atom. The van der Waals surface area contributed by atoms with Crippen molar-refractivity contribution in [1.29, 1.82) is 0 Å². The van der Waals surface area contributed by atoms with Crippen LogP contribution in [0.1, 0.15) is 21.5 Å². The number of hydrogen-bond acceptors (Lipinski definition) is 2. The smallest absolute Gasteiger partial charge is 0.341 e. The van der Waals surface area contributed by atoms with Crippen LogP contribution in [-0.4, -0.2) is 15.6 Å². The number of benzene rings is 1. The van der Waals surface area contributed by atoms with Crippen molar-refractivity contribution in [2.75, 3.05) is 0 Å². The zero-order valence-corrected chi connectivity index (χ0v) is 11.1. The van der Waals surface area contributed by atoms with E-state index in [1.54, 1.807) is 19.3 Å². The van der Waals surface area contributed by atoms with Gasteiger partial charge < -0.3 is 9.67 Å². The Morgan fingerprint density at radius 1 is 1.16 bits per heavy atom. The molecule has 0 saturated carbocycles. The fourth-order valence-corrected chi connectivity index (χ4v) is 2.09. The third kappa shape index (κ3) is 2.29. The molecule has 0 spiro atoms. The van der Waals surface area contributed by atoms with Gasteiger partial charge in [0, 0.05) is 18.8 Å². The fourth-order valence-electron chi connectivity index (χ4n) is 2.09. The lowest BCUT2D eigenvalue weighted by Crippen LogP contribution is -2.24. The Kier molecular flexibility index (Phi) is 3.25. The maximum absolute atomic E-state index is 12.0. The van der Waals surface area contributed by atoms with E-state index in [1.165, 1.54) is 4.57 Å². The second-order valence-corrected chi connectivity index (χ2v) is 4.64. The van der Waals surface area contributed by atoms with E-state index in [4.69, 9.17) is 0 Å². The number of carboxylic acid groups (broad SMARTS) is 1. The van der Waals surface area contributed by atoms with Crippen molar-refractivity contribution >= 4 is 5.97 Å². The maximum Gasteiger partial charge on any atom is 0.341 e. The molecule has 4 nitrogen and oxygen atoms in total. The number of aromatic nitrogens is 1. The molecule has 0 saturated heterocycles. The highest BCUT2D eigenvalue weighted by Gasteiger charge is 2.18. The van der Waals surface area contributed by atoms with Crippen LogP contribution in [0.25, 0.3) is 11.1 Å². The van der Waals surface area contributed by atoms with Crippen molar-refractivity contribution in [2.24, 2.45) is 7.05 Å². The summed E-state index contributed by atoms with van der Waals surface area (Å²) in [6, 6.07) is 7.46. The number of rotatable bonds is 2. The van der Waals surface area contributed by atoms with E-state index in [9.17, 15) is 14.7 Å². The molecule has 98 valence electrons. The van der Waals surface area contributed by atoms with Gasteiger partial charge in [0.15, 0.2) is 0 Å². The Morgan fingerprint density at radius 2 is 1.84 bits per heavy atom. The van der Waals surface area contributed by atoms with E-state index >= 15 is 0 Å². The van der Waals surface area contributed by atoms with Gasteiger partial charge >= 0.3 is 5.97 Å². The number of aromatic carboxylic acids is 1. The molecule has 0 aliphatic rings. The largest absolute Gasteiger partial charge is 0.477 e. The molecule has 2 rings (SSSR count). The van der Waals surface area contributed by atoms with Crippen molar-refractivity contribution in [3.8, 4) is 11.1 Å². The SMILES string of the molecule is Cc1ccc(C)c(-c2ccn(C)c(=O)c2C(=O)O)c1. The molecule has 0 aliphatic carbocycles. The van der Waals surface area contributed by atoms with Crippen LogP contribution < -0.4 is 5.56 Å². The first kappa shape index (κ1) is 13.1. The van der Waals surface area contributed by atoms with E-state index in [2.05, 4.69) is 0 Å². The highest BCUT2D eigenvalue weighted by molar-refractivity contribution is 5.96. The highest BCUT2D eigenvalue weighted by atomic mass is 16.4. The van der Waals surface area contributed by atoms with Crippen LogP contribution in [0, 0.1) is 13.8 Å². The van der Waals surface area contributed by atoms with Gasteiger partial charge in [0.1, 0.15) is 5.56 Å². The molecule has 1 heterocycles. The average Bonchev–Trinajstić information content (AvgIpc) is 2.35. The Bertz CT molecular complexity index is 714. The lowest BCUT2D eigenvalue weighted by atomic mass is 9.95. The first-order valence-electron chi connectivity index (χ1n) is 5.92. The predicted molar refractivity (Wildman–Crippen MR) is 73.6 cm³/mol. The van der Waals surface area contributed by atoms with Gasteiger partial charge in [-0.25, -0.2) is 4.79 Å². The summed E-state index contributed by atoms with van der Waals surface area (Å²) in [7, 11) is 1.54. The average molecular weight is 257 g/mol. The van der Waals surface area contributed by atoms with Gasteiger partial charge in [0.25, 0.3) is 5.56 Å². The molecule has 1 aromatic heterocycles. The summed E-state index contributed by atoms with van der Waals surface area (Å²) in [5, 5.41) is 9.28. The summed E-state index contributed by atoms with van der Waals surface area (Å²) in [6.45, 7) is 3.84. The number of carbonyl (C=O) groups is 1.